The molecule has 0 fully saturated rings. The first-order chi connectivity index (χ1) is 4.50. The molecule has 0 bridgehead atoms. The zero-order valence-corrected chi connectivity index (χ0v) is 14.0. The first-order valence-corrected chi connectivity index (χ1v) is 18.8. The van der Waals surface area contributed by atoms with E-state index in [9.17, 15) is 0 Å². The molecular weight excluding hydrogens is 295 g/mol. The van der Waals surface area contributed by atoms with Crippen LogP contribution in [0.3, 0.4) is 0 Å². The Hall–Kier alpha value is 1.38. The lowest BCUT2D eigenvalue weighted by atomic mass is 11.8. The molecule has 68 valence electrons. The Bertz CT molecular complexity index is 125. The normalized spacial score (nSPS) is 15.3. The van der Waals surface area contributed by atoms with Crippen LogP contribution in [0.15, 0.2) is 0 Å². The van der Waals surface area contributed by atoms with Crippen LogP contribution in [0.5, 0.6) is 0 Å². The Balaban J connectivity index is 4.75. The second-order valence-electron chi connectivity index (χ2n) is 5.35. The van der Waals surface area contributed by atoms with Crippen LogP contribution < -0.4 is 0 Å². The van der Waals surface area contributed by atoms with Crippen LogP contribution in [0.1, 0.15) is 0 Å². The largest absolute Gasteiger partial charge is 0.123 e. The number of hydrogen-bond acceptors (Lipinski definition) is 0. The van der Waals surface area contributed by atoms with Gasteiger partial charge >= 0.3 is 0 Å². The van der Waals surface area contributed by atoms with Gasteiger partial charge in [-0.2, -0.15) is 0 Å². The average Bonchev–Trinajstić information content (AvgIpc) is 1.58. The molecule has 0 saturated heterocycles. The Labute approximate surface area is 87.0 Å². The molecule has 0 amide bonds. The highest BCUT2D eigenvalue weighted by atomic mass is 127. The summed E-state index contributed by atoms with van der Waals surface area (Å²) in [6.07, 6.45) is 0. The quantitative estimate of drug-likeness (QED) is 0.413. The molecule has 0 radical (unpaired) electrons. The van der Waals surface area contributed by atoms with Crippen molar-refractivity contribution in [2.24, 2.45) is 0 Å². The van der Waals surface area contributed by atoms with Crippen molar-refractivity contribution in [3.8, 4) is 0 Å². The summed E-state index contributed by atoms with van der Waals surface area (Å²) in [5.74, 6) is 0. The molecule has 0 aliphatic heterocycles. The van der Waals surface area contributed by atoms with E-state index in [0.717, 1.165) is 0 Å². The predicted molar refractivity (Wildman–Crippen MR) is 72.3 cm³/mol. The standard InChI is InChI=1S/C7H21ISi3/c1-9(2,3)11(6,7)10(4,5)8/h1-7H3. The summed E-state index contributed by atoms with van der Waals surface area (Å²) < 4.78 is 0. The molecule has 0 aliphatic carbocycles. The molecule has 0 aromatic heterocycles. The van der Waals surface area contributed by atoms with Crippen LogP contribution in [0.25, 0.3) is 0 Å². The van der Waals surface area contributed by atoms with Crippen molar-refractivity contribution in [3.63, 3.8) is 0 Å². The lowest BCUT2D eigenvalue weighted by Crippen LogP contribution is -2.66. The fraction of sp³-hybridized carbons (Fsp3) is 1.00. The molecule has 0 spiro atoms. The Morgan fingerprint density at radius 1 is 0.727 bits per heavy atom. The molecule has 0 unspecified atom stereocenters. The van der Waals surface area contributed by atoms with E-state index in [2.05, 4.69) is 67.6 Å². The Morgan fingerprint density at radius 3 is 1.00 bits per heavy atom. The van der Waals surface area contributed by atoms with Gasteiger partial charge in [-0.05, 0) is 0 Å². The van der Waals surface area contributed by atoms with Crippen LogP contribution in [-0.2, 0) is 0 Å². The summed E-state index contributed by atoms with van der Waals surface area (Å²) in [6.45, 7) is 17.9. The maximum atomic E-state index is 2.78. The molecule has 0 aromatic rings. The van der Waals surface area contributed by atoms with E-state index in [-0.39, 0.29) is 0 Å². The van der Waals surface area contributed by atoms with Crippen molar-refractivity contribution in [2.75, 3.05) is 0 Å². The second-order valence-corrected chi connectivity index (χ2v) is 44.4. The molecule has 0 nitrogen and oxygen atoms in total. The van der Waals surface area contributed by atoms with Gasteiger partial charge in [-0.15, -0.1) is 21.8 Å². The van der Waals surface area contributed by atoms with E-state index in [1.807, 2.05) is 0 Å². The molecule has 4 heteroatoms. The van der Waals surface area contributed by atoms with Crippen LogP contribution in [0.4, 0.5) is 0 Å². The molecule has 0 heterocycles. The molecule has 11 heavy (non-hydrogen) atoms. The summed E-state index contributed by atoms with van der Waals surface area (Å²) in [5.41, 5.74) is 0. The van der Waals surface area contributed by atoms with E-state index >= 15 is 0 Å². The fourth-order valence-corrected chi connectivity index (χ4v) is 45.9. The van der Waals surface area contributed by atoms with Crippen molar-refractivity contribution in [2.45, 2.75) is 45.8 Å². The third-order valence-corrected chi connectivity index (χ3v) is 59.3. The molecule has 0 aliphatic rings. The van der Waals surface area contributed by atoms with E-state index in [1.54, 1.807) is 0 Å². The maximum Gasteiger partial charge on any atom is 0.108 e. The Kier molecular flexibility index (Phi) is 3.67. The predicted octanol–water partition coefficient (Wildman–Crippen LogP) is 3.83. The van der Waals surface area contributed by atoms with Crippen LogP contribution in [-0.4, -0.2) is 19.8 Å². The van der Waals surface area contributed by atoms with Crippen molar-refractivity contribution >= 4 is 41.6 Å². The molecule has 0 N–H and O–H groups in total. The van der Waals surface area contributed by atoms with Gasteiger partial charge in [-0.1, -0.05) is 45.8 Å². The van der Waals surface area contributed by atoms with E-state index in [0.29, 0.717) is 0 Å². The lowest BCUT2D eigenvalue weighted by molar-refractivity contribution is 1.76. The topological polar surface area (TPSA) is 0 Å². The molecule has 0 atom stereocenters. The molecule has 0 aromatic carbocycles. The maximum absolute atomic E-state index is 2.78. The highest BCUT2D eigenvalue weighted by molar-refractivity contribution is 14.1. The number of rotatable bonds is 2. The van der Waals surface area contributed by atoms with Gasteiger partial charge in [0, 0.05) is 14.7 Å². The number of hydrogen-bond donors (Lipinski definition) is 0. The van der Waals surface area contributed by atoms with Crippen molar-refractivity contribution < 1.29 is 0 Å². The first-order valence-electron chi connectivity index (χ1n) is 4.19. The molecule has 0 rings (SSSR count). The summed E-state index contributed by atoms with van der Waals surface area (Å²) >= 11 is 2.78. The summed E-state index contributed by atoms with van der Waals surface area (Å²) in [6, 6.07) is 0. The fourth-order valence-electron chi connectivity index (χ4n) is 0.892. The average molecular weight is 316 g/mol. The minimum absolute atomic E-state index is 0.827. The third kappa shape index (κ3) is 2.67. The van der Waals surface area contributed by atoms with Gasteiger partial charge in [0.2, 0.25) is 0 Å². The van der Waals surface area contributed by atoms with Crippen molar-refractivity contribution in [1.82, 2.24) is 0 Å². The van der Waals surface area contributed by atoms with Crippen LogP contribution >= 0.6 is 21.8 Å². The van der Waals surface area contributed by atoms with Gasteiger partial charge in [-0.3, -0.25) is 0 Å². The van der Waals surface area contributed by atoms with E-state index in [1.165, 1.54) is 0 Å². The smallest absolute Gasteiger partial charge is 0.108 e. The van der Waals surface area contributed by atoms with Gasteiger partial charge in [0.25, 0.3) is 0 Å². The molecular formula is C7H21ISi3. The molecule has 0 saturated carbocycles. The zero-order valence-electron chi connectivity index (χ0n) is 8.88. The summed E-state index contributed by atoms with van der Waals surface area (Å²) in [4.78, 5) is 0. The van der Waals surface area contributed by atoms with Crippen molar-refractivity contribution in [1.29, 1.82) is 0 Å². The summed E-state index contributed by atoms with van der Waals surface area (Å²) in [7, 11) is -1.67. The third-order valence-electron chi connectivity index (χ3n) is 3.36. The van der Waals surface area contributed by atoms with E-state index < -0.39 is 19.8 Å². The lowest BCUT2D eigenvalue weighted by Gasteiger charge is -2.43. The SMILES string of the molecule is C[Si](C)(C)[Si](C)(C)[Si](C)(C)I. The second kappa shape index (κ2) is 3.26. The van der Waals surface area contributed by atoms with Gasteiger partial charge in [-0.25, -0.2) is 0 Å². The van der Waals surface area contributed by atoms with Crippen LogP contribution in [0.2, 0.25) is 45.8 Å². The highest BCUT2D eigenvalue weighted by Crippen LogP contribution is 2.32. The van der Waals surface area contributed by atoms with Crippen LogP contribution in [0, 0.1) is 0 Å². The van der Waals surface area contributed by atoms with Gasteiger partial charge in [0.15, 0.2) is 0 Å². The summed E-state index contributed by atoms with van der Waals surface area (Å²) in [5, 5.41) is -0.850. The monoisotopic (exact) mass is 316 g/mol. The van der Waals surface area contributed by atoms with Gasteiger partial charge in [0.1, 0.15) is 5.09 Å². The first kappa shape index (κ1) is 12.4. The minimum Gasteiger partial charge on any atom is -0.123 e. The minimum atomic E-state index is -0.850. The van der Waals surface area contributed by atoms with E-state index in [4.69, 9.17) is 0 Å². The number of halogens is 1. The zero-order chi connectivity index (χ0) is 9.50. The highest BCUT2D eigenvalue weighted by Gasteiger charge is 2.48. The Morgan fingerprint density at radius 2 is 1.00 bits per heavy atom. The van der Waals surface area contributed by atoms with Gasteiger partial charge < -0.3 is 0 Å². The van der Waals surface area contributed by atoms with Gasteiger partial charge in [0.05, 0.1) is 0 Å². The van der Waals surface area contributed by atoms with Crippen molar-refractivity contribution in [3.05, 3.63) is 0 Å².